The van der Waals surface area contributed by atoms with E-state index in [9.17, 15) is 4.79 Å². The van der Waals surface area contributed by atoms with Crippen LogP contribution in [0, 0.1) is 5.92 Å². The molecule has 3 nitrogen and oxygen atoms in total. The largest absolute Gasteiger partial charge is 0.351 e. The quantitative estimate of drug-likeness (QED) is 0.740. The number of nitrogens with zero attached hydrogens (tertiary/aromatic N) is 1. The van der Waals surface area contributed by atoms with Crippen molar-refractivity contribution in [3.8, 4) is 0 Å². The van der Waals surface area contributed by atoms with Crippen molar-refractivity contribution in [1.29, 1.82) is 0 Å². The van der Waals surface area contributed by atoms with E-state index in [-0.39, 0.29) is 11.8 Å². The van der Waals surface area contributed by atoms with Gasteiger partial charge in [0.05, 0.1) is 0 Å². The van der Waals surface area contributed by atoms with Gasteiger partial charge in [-0.25, -0.2) is 0 Å². The first kappa shape index (κ1) is 11.2. The molecular formula is C11H19ClN2O. The number of alkyl halides is 1. The first-order valence-electron chi connectivity index (χ1n) is 5.82. The molecule has 0 bridgehead atoms. The maximum absolute atomic E-state index is 11.7. The summed E-state index contributed by atoms with van der Waals surface area (Å²) in [6.07, 6.45) is 3.62. The molecule has 2 aliphatic heterocycles. The van der Waals surface area contributed by atoms with Gasteiger partial charge in [-0.2, -0.15) is 0 Å². The van der Waals surface area contributed by atoms with Gasteiger partial charge < -0.3 is 5.32 Å². The Bertz CT molecular complexity index is 247. The lowest BCUT2D eigenvalue weighted by molar-refractivity contribution is -0.124. The third-order valence-corrected chi connectivity index (χ3v) is 4.08. The van der Waals surface area contributed by atoms with Crippen molar-refractivity contribution in [3.05, 3.63) is 0 Å². The molecule has 0 saturated carbocycles. The number of carbonyl (C=O) groups excluding carboxylic acids is 1. The van der Waals surface area contributed by atoms with E-state index in [1.165, 1.54) is 19.4 Å². The highest BCUT2D eigenvalue weighted by atomic mass is 35.5. The fourth-order valence-corrected chi connectivity index (χ4v) is 2.79. The minimum atomic E-state index is -0.0675. The van der Waals surface area contributed by atoms with Gasteiger partial charge in [0.2, 0.25) is 5.91 Å². The molecule has 0 aromatic carbocycles. The third-order valence-electron chi connectivity index (χ3n) is 3.61. The highest BCUT2D eigenvalue weighted by Crippen LogP contribution is 2.27. The molecule has 86 valence electrons. The summed E-state index contributed by atoms with van der Waals surface area (Å²) in [5.41, 5.74) is 0. The molecule has 2 fully saturated rings. The van der Waals surface area contributed by atoms with Crippen molar-refractivity contribution in [3.63, 3.8) is 0 Å². The molecule has 0 aromatic rings. The van der Waals surface area contributed by atoms with Crippen LogP contribution in [0.2, 0.25) is 0 Å². The van der Waals surface area contributed by atoms with E-state index >= 15 is 0 Å². The maximum Gasteiger partial charge on any atom is 0.224 e. The van der Waals surface area contributed by atoms with E-state index in [0.717, 1.165) is 13.0 Å². The molecule has 4 heteroatoms. The third kappa shape index (κ3) is 2.28. The molecule has 0 spiro atoms. The summed E-state index contributed by atoms with van der Waals surface area (Å²) >= 11 is 5.67. The zero-order chi connectivity index (χ0) is 10.8. The zero-order valence-corrected chi connectivity index (χ0v) is 9.96. The Balaban J connectivity index is 1.87. The Morgan fingerprint density at radius 2 is 2.33 bits per heavy atom. The fourth-order valence-electron chi connectivity index (χ4n) is 2.65. The summed E-state index contributed by atoms with van der Waals surface area (Å²) in [5.74, 6) is 0.457. The lowest BCUT2D eigenvalue weighted by Crippen LogP contribution is -2.44. The van der Waals surface area contributed by atoms with Crippen LogP contribution in [-0.2, 0) is 4.79 Å². The van der Waals surface area contributed by atoms with Crippen molar-refractivity contribution < 1.29 is 4.79 Å². The van der Waals surface area contributed by atoms with Crippen LogP contribution in [0.1, 0.15) is 26.2 Å². The van der Waals surface area contributed by atoms with Crippen molar-refractivity contribution in [2.75, 3.05) is 19.0 Å². The summed E-state index contributed by atoms with van der Waals surface area (Å²) in [7, 11) is 0. The van der Waals surface area contributed by atoms with E-state index in [4.69, 9.17) is 11.6 Å². The SMILES string of the molecule is CC(CCl)C(=O)NC1CCN2CCCC12. The van der Waals surface area contributed by atoms with Gasteiger partial charge in [0.15, 0.2) is 0 Å². The Hall–Kier alpha value is -0.280. The summed E-state index contributed by atoms with van der Waals surface area (Å²) in [5, 5.41) is 3.14. The van der Waals surface area contributed by atoms with Gasteiger partial charge in [-0.15, -0.1) is 11.6 Å². The average Bonchev–Trinajstić information content (AvgIpc) is 2.81. The lowest BCUT2D eigenvalue weighted by Gasteiger charge is -2.22. The molecule has 1 N–H and O–H groups in total. The van der Waals surface area contributed by atoms with Crippen LogP contribution in [0.25, 0.3) is 0 Å². The maximum atomic E-state index is 11.7. The predicted octanol–water partition coefficient (Wildman–Crippen LogP) is 1.21. The highest BCUT2D eigenvalue weighted by molar-refractivity contribution is 6.19. The monoisotopic (exact) mass is 230 g/mol. The molecule has 2 saturated heterocycles. The Labute approximate surface area is 96.2 Å². The van der Waals surface area contributed by atoms with Crippen LogP contribution in [0.5, 0.6) is 0 Å². The Morgan fingerprint density at radius 3 is 3.07 bits per heavy atom. The van der Waals surface area contributed by atoms with Crippen LogP contribution < -0.4 is 5.32 Å². The second-order valence-electron chi connectivity index (χ2n) is 4.70. The van der Waals surface area contributed by atoms with Crippen LogP contribution in [-0.4, -0.2) is 41.9 Å². The number of hydrogen-bond acceptors (Lipinski definition) is 2. The normalized spacial score (nSPS) is 32.7. The van der Waals surface area contributed by atoms with Crippen LogP contribution in [0.4, 0.5) is 0 Å². The second-order valence-corrected chi connectivity index (χ2v) is 5.01. The Kier molecular flexibility index (Phi) is 3.52. The molecule has 0 aliphatic carbocycles. The van der Waals surface area contributed by atoms with Gasteiger partial charge in [0.25, 0.3) is 0 Å². The van der Waals surface area contributed by atoms with E-state index < -0.39 is 0 Å². The minimum Gasteiger partial charge on any atom is -0.351 e. The summed E-state index contributed by atoms with van der Waals surface area (Å²) in [6, 6.07) is 0.960. The number of rotatable bonds is 3. The molecule has 15 heavy (non-hydrogen) atoms. The van der Waals surface area contributed by atoms with Crippen LogP contribution >= 0.6 is 11.6 Å². The van der Waals surface area contributed by atoms with Crippen molar-refractivity contribution in [2.45, 2.75) is 38.3 Å². The Morgan fingerprint density at radius 1 is 1.53 bits per heavy atom. The average molecular weight is 231 g/mol. The molecule has 1 amide bonds. The molecule has 0 aromatic heterocycles. The van der Waals surface area contributed by atoms with E-state index in [1.807, 2.05) is 6.92 Å². The van der Waals surface area contributed by atoms with Gasteiger partial charge in [-0.1, -0.05) is 6.92 Å². The first-order valence-corrected chi connectivity index (χ1v) is 6.36. The molecule has 3 atom stereocenters. The summed E-state index contributed by atoms with van der Waals surface area (Å²) < 4.78 is 0. The smallest absolute Gasteiger partial charge is 0.224 e. The summed E-state index contributed by atoms with van der Waals surface area (Å²) in [4.78, 5) is 14.2. The van der Waals surface area contributed by atoms with Crippen molar-refractivity contribution in [1.82, 2.24) is 10.2 Å². The fraction of sp³-hybridized carbons (Fsp3) is 0.909. The predicted molar refractivity (Wildman–Crippen MR) is 61.0 cm³/mol. The van der Waals surface area contributed by atoms with Gasteiger partial charge in [-0.3, -0.25) is 9.69 Å². The summed E-state index contributed by atoms with van der Waals surface area (Å²) in [6.45, 7) is 4.23. The van der Waals surface area contributed by atoms with Crippen molar-refractivity contribution >= 4 is 17.5 Å². The number of fused-ring (bicyclic) bond motifs is 1. The first-order chi connectivity index (χ1) is 7.22. The molecule has 0 radical (unpaired) electrons. The molecular weight excluding hydrogens is 212 g/mol. The number of nitrogens with one attached hydrogen (secondary N) is 1. The number of halogens is 1. The highest BCUT2D eigenvalue weighted by Gasteiger charge is 2.38. The molecule has 2 heterocycles. The van der Waals surface area contributed by atoms with Gasteiger partial charge >= 0.3 is 0 Å². The molecule has 2 rings (SSSR count). The van der Waals surface area contributed by atoms with Crippen LogP contribution in [0.3, 0.4) is 0 Å². The lowest BCUT2D eigenvalue weighted by atomic mass is 10.1. The van der Waals surface area contributed by atoms with Gasteiger partial charge in [0, 0.05) is 30.4 Å². The van der Waals surface area contributed by atoms with Crippen molar-refractivity contribution in [2.24, 2.45) is 5.92 Å². The molecule has 3 unspecified atom stereocenters. The standard InChI is InChI=1S/C11H19ClN2O/c1-8(7-12)11(15)13-9-4-6-14-5-2-3-10(9)14/h8-10H,2-7H2,1H3,(H,13,15). The van der Waals surface area contributed by atoms with E-state index in [1.54, 1.807) is 0 Å². The number of hydrogen-bond donors (Lipinski definition) is 1. The van der Waals surface area contributed by atoms with E-state index in [0.29, 0.717) is 18.0 Å². The topological polar surface area (TPSA) is 32.3 Å². The van der Waals surface area contributed by atoms with Gasteiger partial charge in [0.1, 0.15) is 0 Å². The van der Waals surface area contributed by atoms with Gasteiger partial charge in [-0.05, 0) is 25.8 Å². The number of amides is 1. The minimum absolute atomic E-state index is 0.0675. The zero-order valence-electron chi connectivity index (χ0n) is 9.21. The van der Waals surface area contributed by atoms with Crippen LogP contribution in [0.15, 0.2) is 0 Å². The second kappa shape index (κ2) is 4.71. The van der Waals surface area contributed by atoms with E-state index in [2.05, 4.69) is 10.2 Å². The molecule has 2 aliphatic rings. The number of carbonyl (C=O) groups is 1.